The second-order valence-corrected chi connectivity index (χ2v) is 9.45. The van der Waals surface area contributed by atoms with Gasteiger partial charge in [0.25, 0.3) is 15.7 Å². The SMILES string of the molecule is O=C(Cn1ccc2cc([N+](=O)[O-])ccc21)Nc1cccc(S(=O)(=O)NC2=NCCCCC2)c1. The number of nitrogens with one attached hydrogen (secondary N) is 2. The molecule has 0 fully saturated rings. The molecule has 172 valence electrons. The molecule has 0 aliphatic carbocycles. The number of hydrogen-bond donors (Lipinski definition) is 2. The van der Waals surface area contributed by atoms with Crippen LogP contribution in [-0.2, 0) is 21.4 Å². The van der Waals surface area contributed by atoms with Gasteiger partial charge >= 0.3 is 0 Å². The van der Waals surface area contributed by atoms with E-state index in [1.165, 1.54) is 24.3 Å². The van der Waals surface area contributed by atoms with Gasteiger partial charge in [0.2, 0.25) is 5.91 Å². The summed E-state index contributed by atoms with van der Waals surface area (Å²) in [6, 6.07) is 12.2. The number of anilines is 1. The molecular weight excluding hydrogens is 446 g/mol. The summed E-state index contributed by atoms with van der Waals surface area (Å²) in [4.78, 5) is 27.4. The van der Waals surface area contributed by atoms with E-state index in [1.54, 1.807) is 35.0 Å². The third-order valence-electron chi connectivity index (χ3n) is 5.33. The first-order valence-corrected chi connectivity index (χ1v) is 12.0. The van der Waals surface area contributed by atoms with Crippen molar-refractivity contribution in [3.05, 3.63) is 64.8 Å². The van der Waals surface area contributed by atoms with Crippen molar-refractivity contribution < 1.29 is 18.1 Å². The quantitative estimate of drug-likeness (QED) is 0.421. The van der Waals surface area contributed by atoms with E-state index in [1.807, 2.05) is 0 Å². The van der Waals surface area contributed by atoms with Crippen LogP contribution >= 0.6 is 0 Å². The largest absolute Gasteiger partial charge is 0.338 e. The molecule has 2 aromatic carbocycles. The maximum absolute atomic E-state index is 12.8. The van der Waals surface area contributed by atoms with E-state index in [0.717, 1.165) is 19.3 Å². The van der Waals surface area contributed by atoms with Crippen LogP contribution in [0.25, 0.3) is 10.9 Å². The van der Waals surface area contributed by atoms with Crippen molar-refractivity contribution in [3.63, 3.8) is 0 Å². The lowest BCUT2D eigenvalue weighted by molar-refractivity contribution is -0.384. The van der Waals surface area contributed by atoms with Crippen molar-refractivity contribution in [1.29, 1.82) is 0 Å². The van der Waals surface area contributed by atoms with Gasteiger partial charge in [0.05, 0.1) is 9.82 Å². The third kappa shape index (κ3) is 5.37. The lowest BCUT2D eigenvalue weighted by Crippen LogP contribution is -2.30. The number of aromatic nitrogens is 1. The molecule has 0 spiro atoms. The van der Waals surface area contributed by atoms with Crippen LogP contribution < -0.4 is 10.0 Å². The van der Waals surface area contributed by atoms with Crippen LogP contribution in [0.4, 0.5) is 11.4 Å². The van der Waals surface area contributed by atoms with E-state index in [9.17, 15) is 23.3 Å². The summed E-state index contributed by atoms with van der Waals surface area (Å²) in [6.07, 6.45) is 5.11. The smallest absolute Gasteiger partial charge is 0.270 e. The summed E-state index contributed by atoms with van der Waals surface area (Å²) in [5, 5.41) is 14.3. The number of nitro benzene ring substituents is 1. The minimum Gasteiger partial charge on any atom is -0.338 e. The second-order valence-electron chi connectivity index (χ2n) is 7.76. The number of carbonyl (C=O) groups excluding carboxylic acids is 1. The third-order valence-corrected chi connectivity index (χ3v) is 6.71. The van der Waals surface area contributed by atoms with E-state index in [4.69, 9.17) is 0 Å². The highest BCUT2D eigenvalue weighted by molar-refractivity contribution is 7.90. The number of amides is 1. The Balaban J connectivity index is 1.46. The molecule has 0 saturated heterocycles. The molecule has 1 aliphatic rings. The zero-order chi connectivity index (χ0) is 23.4. The second kappa shape index (κ2) is 9.41. The number of amidine groups is 1. The molecule has 0 atom stereocenters. The fraction of sp³-hybridized carbons (Fsp3) is 0.273. The summed E-state index contributed by atoms with van der Waals surface area (Å²) in [5.74, 6) is 0.100. The predicted molar refractivity (Wildman–Crippen MR) is 125 cm³/mol. The Hall–Kier alpha value is -3.73. The molecule has 11 heteroatoms. The summed E-state index contributed by atoms with van der Waals surface area (Å²) >= 11 is 0. The fourth-order valence-electron chi connectivity index (χ4n) is 3.71. The highest BCUT2D eigenvalue weighted by Gasteiger charge is 2.18. The number of fused-ring (bicyclic) bond motifs is 1. The molecule has 33 heavy (non-hydrogen) atoms. The molecule has 10 nitrogen and oxygen atoms in total. The van der Waals surface area contributed by atoms with Crippen LogP contribution in [0.5, 0.6) is 0 Å². The van der Waals surface area contributed by atoms with Gasteiger partial charge in [-0.1, -0.05) is 12.5 Å². The number of rotatable bonds is 6. The first-order chi connectivity index (χ1) is 15.8. The van der Waals surface area contributed by atoms with Crippen LogP contribution in [-0.4, -0.2) is 36.2 Å². The Morgan fingerprint density at radius 3 is 2.79 bits per heavy atom. The Bertz CT molecular complexity index is 1350. The Kier molecular flexibility index (Phi) is 6.40. The number of non-ortho nitro benzene ring substituents is 1. The topological polar surface area (TPSA) is 136 Å². The molecule has 1 aliphatic heterocycles. The molecule has 3 aromatic rings. The van der Waals surface area contributed by atoms with Crippen molar-refractivity contribution in [2.45, 2.75) is 37.1 Å². The first kappa shape index (κ1) is 22.5. The average molecular weight is 470 g/mol. The van der Waals surface area contributed by atoms with Crippen molar-refractivity contribution in [1.82, 2.24) is 9.29 Å². The summed E-state index contributed by atoms with van der Waals surface area (Å²) in [7, 11) is -3.82. The van der Waals surface area contributed by atoms with Gasteiger partial charge in [-0.3, -0.25) is 24.6 Å². The number of sulfonamides is 1. The van der Waals surface area contributed by atoms with E-state index in [0.29, 0.717) is 35.4 Å². The normalized spacial score (nSPS) is 14.4. The monoisotopic (exact) mass is 469 g/mol. The van der Waals surface area contributed by atoms with Gasteiger partial charge in [0.1, 0.15) is 12.4 Å². The minimum atomic E-state index is -3.82. The van der Waals surface area contributed by atoms with Crippen molar-refractivity contribution in [2.24, 2.45) is 4.99 Å². The zero-order valence-corrected chi connectivity index (χ0v) is 18.5. The van der Waals surface area contributed by atoms with E-state index in [2.05, 4.69) is 15.0 Å². The van der Waals surface area contributed by atoms with E-state index >= 15 is 0 Å². The first-order valence-electron chi connectivity index (χ1n) is 10.5. The molecular formula is C22H23N5O5S. The molecule has 4 rings (SSSR count). The van der Waals surface area contributed by atoms with Gasteiger partial charge in [0, 0.05) is 47.9 Å². The Morgan fingerprint density at radius 1 is 1.12 bits per heavy atom. The molecule has 2 N–H and O–H groups in total. The average Bonchev–Trinajstić information content (AvgIpc) is 2.99. The maximum Gasteiger partial charge on any atom is 0.270 e. The number of carbonyl (C=O) groups is 1. The highest BCUT2D eigenvalue weighted by atomic mass is 32.2. The molecule has 2 heterocycles. The van der Waals surface area contributed by atoms with Crippen LogP contribution in [0.3, 0.4) is 0 Å². The van der Waals surface area contributed by atoms with Crippen LogP contribution in [0.1, 0.15) is 25.7 Å². The van der Waals surface area contributed by atoms with Gasteiger partial charge in [-0.2, -0.15) is 0 Å². The number of aliphatic imine (C=N–C) groups is 1. The predicted octanol–water partition coefficient (Wildman–Crippen LogP) is 3.44. The minimum absolute atomic E-state index is 0.0221. The van der Waals surface area contributed by atoms with Gasteiger partial charge in [-0.15, -0.1) is 0 Å². The molecule has 1 aromatic heterocycles. The van der Waals surface area contributed by atoms with Crippen molar-refractivity contribution in [2.75, 3.05) is 11.9 Å². The number of nitrogens with zero attached hydrogens (tertiary/aromatic N) is 3. The summed E-state index contributed by atoms with van der Waals surface area (Å²) in [5.41, 5.74) is 1.00. The van der Waals surface area contributed by atoms with Crippen LogP contribution in [0.2, 0.25) is 0 Å². The maximum atomic E-state index is 12.8. The molecule has 0 bridgehead atoms. The van der Waals surface area contributed by atoms with Crippen molar-refractivity contribution >= 4 is 44.0 Å². The standard InChI is InChI=1S/C22H23N5O5S/c28-22(15-26-12-10-16-13-18(27(29)30)8-9-20(16)26)24-17-5-4-6-19(14-17)33(31,32)25-21-7-2-1-3-11-23-21/h4-6,8-10,12-14H,1-3,7,11,15H2,(H,23,25)(H,24,28). The van der Waals surface area contributed by atoms with E-state index in [-0.39, 0.29) is 23.0 Å². The molecule has 0 radical (unpaired) electrons. The lowest BCUT2D eigenvalue weighted by atomic mass is 10.2. The number of nitro groups is 1. The summed E-state index contributed by atoms with van der Waals surface area (Å²) < 4.78 is 29.8. The van der Waals surface area contributed by atoms with Crippen LogP contribution in [0.15, 0.2) is 64.6 Å². The summed E-state index contributed by atoms with van der Waals surface area (Å²) in [6.45, 7) is 0.572. The molecule has 0 unspecified atom stereocenters. The number of hydrogen-bond acceptors (Lipinski definition) is 6. The van der Waals surface area contributed by atoms with Crippen LogP contribution in [0, 0.1) is 10.1 Å². The fourth-order valence-corrected chi connectivity index (χ4v) is 4.84. The molecule has 1 amide bonds. The number of benzene rings is 2. The Labute approximate surface area is 190 Å². The van der Waals surface area contributed by atoms with Crippen molar-refractivity contribution in [3.8, 4) is 0 Å². The van der Waals surface area contributed by atoms with Gasteiger partial charge in [0.15, 0.2) is 0 Å². The highest BCUT2D eigenvalue weighted by Crippen LogP contribution is 2.22. The Morgan fingerprint density at radius 2 is 1.97 bits per heavy atom. The zero-order valence-electron chi connectivity index (χ0n) is 17.7. The molecule has 0 saturated carbocycles. The van der Waals surface area contributed by atoms with Gasteiger partial charge in [-0.05, 0) is 43.2 Å². The lowest BCUT2D eigenvalue weighted by Gasteiger charge is -2.12. The van der Waals surface area contributed by atoms with E-state index < -0.39 is 14.9 Å². The van der Waals surface area contributed by atoms with Gasteiger partial charge < -0.3 is 9.88 Å². The van der Waals surface area contributed by atoms with Gasteiger partial charge in [-0.25, -0.2) is 8.42 Å².